The Balaban J connectivity index is 2.09. The molecule has 0 unspecified atom stereocenters. The van der Waals surface area contributed by atoms with E-state index in [1.165, 1.54) is 6.20 Å². The van der Waals surface area contributed by atoms with Gasteiger partial charge < -0.3 is 10.6 Å². The smallest absolute Gasteiger partial charge is 0.267 e. The molecule has 0 fully saturated rings. The van der Waals surface area contributed by atoms with Crippen LogP contribution >= 0.6 is 27.5 Å². The summed E-state index contributed by atoms with van der Waals surface area (Å²) in [6, 6.07) is 12.2. The largest absolute Gasteiger partial charge is 0.358 e. The van der Waals surface area contributed by atoms with E-state index in [1.54, 1.807) is 42.6 Å². The highest BCUT2D eigenvalue weighted by molar-refractivity contribution is 9.10. The molecule has 1 amide bonds. The van der Waals surface area contributed by atoms with E-state index in [-0.39, 0.29) is 10.7 Å². The van der Waals surface area contributed by atoms with Crippen LogP contribution < -0.4 is 10.6 Å². The summed E-state index contributed by atoms with van der Waals surface area (Å²) in [5.41, 5.74) is 1.02. The summed E-state index contributed by atoms with van der Waals surface area (Å²) in [6.45, 7) is 0. The van der Waals surface area contributed by atoms with E-state index in [0.29, 0.717) is 11.4 Å². The molecule has 2 N–H and O–H groups in total. The number of aromatic nitrogens is 1. The number of nitrogens with zero attached hydrogens (tertiary/aromatic N) is 2. The van der Waals surface area contributed by atoms with Crippen molar-refractivity contribution in [2.24, 2.45) is 0 Å². The van der Waals surface area contributed by atoms with Crippen molar-refractivity contribution in [1.82, 2.24) is 4.98 Å². The van der Waals surface area contributed by atoms with Gasteiger partial charge in [0.15, 0.2) is 5.15 Å². The van der Waals surface area contributed by atoms with Crippen LogP contribution in [-0.2, 0) is 4.79 Å². The number of hydrogen-bond acceptors (Lipinski definition) is 4. The Labute approximate surface area is 140 Å². The lowest BCUT2D eigenvalue weighted by Gasteiger charge is -2.06. The first-order valence-corrected chi connectivity index (χ1v) is 7.31. The molecule has 1 aromatic carbocycles. The maximum Gasteiger partial charge on any atom is 0.267 e. The first-order valence-electron chi connectivity index (χ1n) is 6.14. The minimum atomic E-state index is -0.516. The SMILES string of the molecule is N#C/C(=C/Nc1cccnc1Cl)C(=O)Nc1ccc(Br)cc1. The highest BCUT2D eigenvalue weighted by Gasteiger charge is 2.09. The number of carbonyl (C=O) groups excluding carboxylic acids is 1. The predicted molar refractivity (Wildman–Crippen MR) is 89.3 cm³/mol. The van der Waals surface area contributed by atoms with Gasteiger partial charge in [-0.3, -0.25) is 4.79 Å². The second-order valence-corrected chi connectivity index (χ2v) is 5.39. The second kappa shape index (κ2) is 7.59. The topological polar surface area (TPSA) is 77.8 Å². The van der Waals surface area contributed by atoms with E-state index in [0.717, 1.165) is 4.47 Å². The maximum atomic E-state index is 12.0. The number of carbonyl (C=O) groups is 1. The van der Waals surface area contributed by atoms with E-state index in [2.05, 4.69) is 31.5 Å². The van der Waals surface area contributed by atoms with Crippen LogP contribution in [0.25, 0.3) is 0 Å². The van der Waals surface area contributed by atoms with Crippen LogP contribution in [-0.4, -0.2) is 10.9 Å². The molecule has 1 aromatic heterocycles. The standard InChI is InChI=1S/C15H10BrClN4O/c16-11-3-5-12(6-4-11)21-15(22)10(8-18)9-20-13-2-1-7-19-14(13)17/h1-7,9,20H,(H,21,22)/b10-9-. The average molecular weight is 378 g/mol. The monoisotopic (exact) mass is 376 g/mol. The number of anilines is 2. The third kappa shape index (κ3) is 4.32. The van der Waals surface area contributed by atoms with Gasteiger partial charge in [-0.25, -0.2) is 4.98 Å². The number of nitriles is 1. The van der Waals surface area contributed by atoms with Crippen LogP contribution in [0.3, 0.4) is 0 Å². The maximum absolute atomic E-state index is 12.0. The Morgan fingerprint density at radius 2 is 2.05 bits per heavy atom. The number of nitrogens with one attached hydrogen (secondary N) is 2. The Kier molecular flexibility index (Phi) is 5.53. The van der Waals surface area contributed by atoms with Gasteiger partial charge in [-0.2, -0.15) is 5.26 Å². The van der Waals surface area contributed by atoms with E-state index >= 15 is 0 Å². The zero-order valence-corrected chi connectivity index (χ0v) is 13.5. The molecule has 0 spiro atoms. The number of amides is 1. The third-order valence-corrected chi connectivity index (χ3v) is 3.43. The normalized spacial score (nSPS) is 10.7. The molecule has 22 heavy (non-hydrogen) atoms. The van der Waals surface area contributed by atoms with E-state index in [9.17, 15) is 4.79 Å². The molecule has 0 radical (unpaired) electrons. The predicted octanol–water partition coefficient (Wildman–Crippen LogP) is 3.96. The minimum absolute atomic E-state index is 0.0807. The number of hydrogen-bond donors (Lipinski definition) is 2. The van der Waals surface area contributed by atoms with Crippen molar-refractivity contribution in [1.29, 1.82) is 5.26 Å². The summed E-state index contributed by atoms with van der Waals surface area (Å²) >= 11 is 9.19. The van der Waals surface area contributed by atoms with Gasteiger partial charge in [0.1, 0.15) is 11.6 Å². The minimum Gasteiger partial charge on any atom is -0.358 e. The molecular weight excluding hydrogens is 368 g/mol. The van der Waals surface area contributed by atoms with Gasteiger partial charge in [-0.05, 0) is 36.4 Å². The number of benzene rings is 1. The summed E-state index contributed by atoms with van der Waals surface area (Å²) in [4.78, 5) is 15.9. The molecule has 0 aliphatic rings. The molecule has 0 aliphatic heterocycles. The fourth-order valence-corrected chi connectivity index (χ4v) is 1.96. The number of pyridine rings is 1. The van der Waals surface area contributed by atoms with Gasteiger partial charge in [-0.15, -0.1) is 0 Å². The van der Waals surface area contributed by atoms with Gasteiger partial charge in [0.25, 0.3) is 5.91 Å². The lowest BCUT2D eigenvalue weighted by Crippen LogP contribution is -2.14. The number of rotatable bonds is 4. The van der Waals surface area contributed by atoms with E-state index in [4.69, 9.17) is 16.9 Å². The van der Waals surface area contributed by atoms with Crippen molar-refractivity contribution in [2.75, 3.05) is 10.6 Å². The van der Waals surface area contributed by atoms with Crippen molar-refractivity contribution in [2.45, 2.75) is 0 Å². The van der Waals surface area contributed by atoms with Gasteiger partial charge in [0.05, 0.1) is 5.69 Å². The quantitative estimate of drug-likeness (QED) is 0.480. The first kappa shape index (κ1) is 16.0. The molecule has 0 atom stereocenters. The van der Waals surface area contributed by atoms with Crippen molar-refractivity contribution in [3.63, 3.8) is 0 Å². The molecular formula is C15H10BrClN4O. The molecule has 110 valence electrons. The Bertz CT molecular complexity index is 753. The van der Waals surface area contributed by atoms with Crippen LogP contribution in [0.1, 0.15) is 0 Å². The highest BCUT2D eigenvalue weighted by Crippen LogP contribution is 2.18. The van der Waals surface area contributed by atoms with Gasteiger partial charge in [0.2, 0.25) is 0 Å². The van der Waals surface area contributed by atoms with Crippen molar-refractivity contribution in [3.05, 3.63) is 64.0 Å². The molecule has 0 bridgehead atoms. The first-order chi connectivity index (χ1) is 10.6. The van der Waals surface area contributed by atoms with Crippen molar-refractivity contribution < 1.29 is 4.79 Å². The second-order valence-electron chi connectivity index (χ2n) is 4.12. The zero-order chi connectivity index (χ0) is 15.9. The molecule has 0 saturated carbocycles. The summed E-state index contributed by atoms with van der Waals surface area (Å²) < 4.78 is 0.898. The fraction of sp³-hybridized carbons (Fsp3) is 0. The molecule has 2 rings (SSSR count). The Morgan fingerprint density at radius 1 is 1.32 bits per heavy atom. The zero-order valence-electron chi connectivity index (χ0n) is 11.2. The highest BCUT2D eigenvalue weighted by atomic mass is 79.9. The van der Waals surface area contributed by atoms with Gasteiger partial charge in [-0.1, -0.05) is 27.5 Å². The molecule has 1 heterocycles. The lowest BCUT2D eigenvalue weighted by molar-refractivity contribution is -0.112. The molecule has 0 aliphatic carbocycles. The molecule has 2 aromatic rings. The summed E-state index contributed by atoms with van der Waals surface area (Å²) in [6.07, 6.45) is 2.83. The molecule has 7 heteroatoms. The van der Waals surface area contributed by atoms with E-state index in [1.807, 2.05) is 6.07 Å². The Morgan fingerprint density at radius 3 is 2.68 bits per heavy atom. The van der Waals surface area contributed by atoms with Gasteiger partial charge >= 0.3 is 0 Å². The van der Waals surface area contributed by atoms with Crippen LogP contribution in [0.15, 0.2) is 58.8 Å². The van der Waals surface area contributed by atoms with E-state index < -0.39 is 5.91 Å². The average Bonchev–Trinajstić information content (AvgIpc) is 2.52. The number of halogens is 2. The molecule has 0 saturated heterocycles. The van der Waals surface area contributed by atoms with Crippen molar-refractivity contribution >= 4 is 44.8 Å². The molecule has 5 nitrogen and oxygen atoms in total. The van der Waals surface area contributed by atoms with Crippen LogP contribution in [0.4, 0.5) is 11.4 Å². The summed E-state index contributed by atoms with van der Waals surface area (Å²) in [5, 5.41) is 14.8. The van der Waals surface area contributed by atoms with Crippen LogP contribution in [0.2, 0.25) is 5.15 Å². The summed E-state index contributed by atoms with van der Waals surface area (Å²) in [5.74, 6) is -0.516. The lowest BCUT2D eigenvalue weighted by atomic mass is 10.2. The van der Waals surface area contributed by atoms with Crippen LogP contribution in [0.5, 0.6) is 0 Å². The van der Waals surface area contributed by atoms with Gasteiger partial charge in [0, 0.05) is 22.6 Å². The fourth-order valence-electron chi connectivity index (χ4n) is 1.52. The van der Waals surface area contributed by atoms with Crippen LogP contribution in [0, 0.1) is 11.3 Å². The third-order valence-electron chi connectivity index (χ3n) is 2.60. The van der Waals surface area contributed by atoms with Crippen molar-refractivity contribution in [3.8, 4) is 6.07 Å². The summed E-state index contributed by atoms with van der Waals surface area (Å²) in [7, 11) is 0. The Hall–Kier alpha value is -2.36.